The molecule has 1 heterocycles. The highest BCUT2D eigenvalue weighted by molar-refractivity contribution is 5.00. The fourth-order valence-electron chi connectivity index (χ4n) is 3.14. The molecule has 0 amide bonds. The summed E-state index contributed by atoms with van der Waals surface area (Å²) < 4.78 is 2.25. The number of nitrogens with zero attached hydrogens (tertiary/aromatic N) is 2. The summed E-state index contributed by atoms with van der Waals surface area (Å²) in [5, 5.41) is 3.73. The first-order valence-corrected chi connectivity index (χ1v) is 7.32. The van der Waals surface area contributed by atoms with Gasteiger partial charge in [-0.2, -0.15) is 0 Å². The van der Waals surface area contributed by atoms with E-state index in [4.69, 9.17) is 0 Å². The molecule has 3 heteroatoms. The van der Waals surface area contributed by atoms with Gasteiger partial charge in [-0.15, -0.1) is 0 Å². The van der Waals surface area contributed by atoms with Crippen molar-refractivity contribution in [2.45, 2.75) is 65.6 Å². The van der Waals surface area contributed by atoms with E-state index in [-0.39, 0.29) is 0 Å². The first-order valence-electron chi connectivity index (χ1n) is 7.32. The lowest BCUT2D eigenvalue weighted by Crippen LogP contribution is -2.39. The van der Waals surface area contributed by atoms with Crippen LogP contribution in [0.15, 0.2) is 12.5 Å². The lowest BCUT2D eigenvalue weighted by Gasteiger charge is -2.33. The quantitative estimate of drug-likeness (QED) is 0.886. The first-order chi connectivity index (χ1) is 8.58. The third-order valence-corrected chi connectivity index (χ3v) is 4.28. The largest absolute Gasteiger partial charge is 0.331 e. The smallest absolute Gasteiger partial charge is 0.0951 e. The summed E-state index contributed by atoms with van der Waals surface area (Å²) in [4.78, 5) is 4.26. The molecule has 1 fully saturated rings. The summed E-state index contributed by atoms with van der Waals surface area (Å²) in [7, 11) is 0. The number of rotatable bonds is 4. The van der Waals surface area contributed by atoms with Crippen LogP contribution in [0, 0.1) is 11.8 Å². The van der Waals surface area contributed by atoms with Crippen molar-refractivity contribution in [3.63, 3.8) is 0 Å². The van der Waals surface area contributed by atoms with Gasteiger partial charge in [-0.05, 0) is 44.9 Å². The molecule has 0 saturated heterocycles. The van der Waals surface area contributed by atoms with Crippen molar-refractivity contribution in [1.82, 2.24) is 14.9 Å². The highest BCUT2D eigenvalue weighted by Gasteiger charge is 2.24. The van der Waals surface area contributed by atoms with E-state index in [2.05, 4.69) is 42.6 Å². The van der Waals surface area contributed by atoms with Crippen LogP contribution in [0.4, 0.5) is 0 Å². The number of imidazole rings is 1. The molecule has 1 aromatic heterocycles. The topological polar surface area (TPSA) is 29.9 Å². The van der Waals surface area contributed by atoms with E-state index in [0.717, 1.165) is 18.4 Å². The lowest BCUT2D eigenvalue weighted by atomic mass is 9.80. The van der Waals surface area contributed by atoms with Gasteiger partial charge in [0.2, 0.25) is 0 Å². The van der Waals surface area contributed by atoms with Crippen LogP contribution in [0.1, 0.15) is 58.7 Å². The van der Waals surface area contributed by atoms with E-state index in [9.17, 15) is 0 Å². The molecule has 3 unspecified atom stereocenters. The average molecular weight is 249 g/mol. The van der Waals surface area contributed by atoms with Crippen molar-refractivity contribution in [2.24, 2.45) is 11.8 Å². The standard InChI is InChI=1S/C15H27N3/c1-11(2)18-10-16-8-14(18)9-17-15-6-5-12(3)7-13(15)4/h8,10-13,15,17H,5-7,9H2,1-4H3. The van der Waals surface area contributed by atoms with Gasteiger partial charge >= 0.3 is 0 Å². The van der Waals surface area contributed by atoms with Gasteiger partial charge in [-0.1, -0.05) is 13.8 Å². The van der Waals surface area contributed by atoms with Gasteiger partial charge in [-0.3, -0.25) is 0 Å². The minimum Gasteiger partial charge on any atom is -0.331 e. The number of hydrogen-bond donors (Lipinski definition) is 1. The number of hydrogen-bond acceptors (Lipinski definition) is 2. The van der Waals surface area contributed by atoms with Crippen LogP contribution in [0.3, 0.4) is 0 Å². The second-order valence-electron chi connectivity index (χ2n) is 6.27. The summed E-state index contributed by atoms with van der Waals surface area (Å²) in [6.45, 7) is 10.1. The van der Waals surface area contributed by atoms with Gasteiger partial charge in [0.05, 0.1) is 12.0 Å². The molecule has 18 heavy (non-hydrogen) atoms. The zero-order valence-electron chi connectivity index (χ0n) is 12.2. The lowest BCUT2D eigenvalue weighted by molar-refractivity contribution is 0.226. The Morgan fingerprint density at radius 3 is 2.83 bits per heavy atom. The Morgan fingerprint density at radius 2 is 2.17 bits per heavy atom. The van der Waals surface area contributed by atoms with E-state index in [0.29, 0.717) is 12.1 Å². The van der Waals surface area contributed by atoms with Gasteiger partial charge in [-0.25, -0.2) is 4.98 Å². The summed E-state index contributed by atoms with van der Waals surface area (Å²) in [6.07, 6.45) is 7.97. The van der Waals surface area contributed by atoms with E-state index in [1.807, 2.05) is 12.5 Å². The Labute approximate surface area is 111 Å². The van der Waals surface area contributed by atoms with E-state index >= 15 is 0 Å². The van der Waals surface area contributed by atoms with Crippen molar-refractivity contribution >= 4 is 0 Å². The van der Waals surface area contributed by atoms with Crippen molar-refractivity contribution in [1.29, 1.82) is 0 Å². The van der Waals surface area contributed by atoms with E-state index < -0.39 is 0 Å². The normalized spacial score (nSPS) is 28.8. The molecule has 1 N–H and O–H groups in total. The van der Waals surface area contributed by atoms with Crippen molar-refractivity contribution < 1.29 is 0 Å². The summed E-state index contributed by atoms with van der Waals surface area (Å²) in [6, 6.07) is 1.17. The molecule has 3 atom stereocenters. The maximum Gasteiger partial charge on any atom is 0.0951 e. The van der Waals surface area contributed by atoms with Crippen molar-refractivity contribution in [3.05, 3.63) is 18.2 Å². The fraction of sp³-hybridized carbons (Fsp3) is 0.800. The average Bonchev–Trinajstić information content (AvgIpc) is 2.76. The molecule has 0 spiro atoms. The van der Waals surface area contributed by atoms with Crippen LogP contribution in [0.25, 0.3) is 0 Å². The SMILES string of the molecule is CC1CCC(NCc2cncn2C(C)C)C(C)C1. The highest BCUT2D eigenvalue weighted by Crippen LogP contribution is 2.28. The van der Waals surface area contributed by atoms with Crippen LogP contribution in [-0.2, 0) is 6.54 Å². The molecule has 1 saturated carbocycles. The molecule has 1 aliphatic rings. The zero-order chi connectivity index (χ0) is 13.1. The Morgan fingerprint density at radius 1 is 1.39 bits per heavy atom. The second-order valence-corrected chi connectivity index (χ2v) is 6.27. The third kappa shape index (κ3) is 3.14. The molecule has 0 aromatic carbocycles. The maximum absolute atomic E-state index is 4.26. The van der Waals surface area contributed by atoms with Gasteiger partial charge in [0.25, 0.3) is 0 Å². The van der Waals surface area contributed by atoms with E-state index in [1.54, 1.807) is 0 Å². The Hall–Kier alpha value is -0.830. The second kappa shape index (κ2) is 5.87. The summed E-state index contributed by atoms with van der Waals surface area (Å²) in [5.74, 6) is 1.70. The van der Waals surface area contributed by atoms with Gasteiger partial charge in [0.15, 0.2) is 0 Å². The van der Waals surface area contributed by atoms with Crippen molar-refractivity contribution in [2.75, 3.05) is 0 Å². The highest BCUT2D eigenvalue weighted by atomic mass is 15.1. The molecule has 1 aliphatic carbocycles. The first kappa shape index (κ1) is 13.6. The molecule has 0 bridgehead atoms. The summed E-state index contributed by atoms with van der Waals surface area (Å²) in [5.41, 5.74) is 1.30. The predicted molar refractivity (Wildman–Crippen MR) is 75.4 cm³/mol. The fourth-order valence-corrected chi connectivity index (χ4v) is 3.14. The van der Waals surface area contributed by atoms with Gasteiger partial charge in [0.1, 0.15) is 0 Å². The van der Waals surface area contributed by atoms with Crippen LogP contribution >= 0.6 is 0 Å². The molecule has 0 aliphatic heterocycles. The third-order valence-electron chi connectivity index (χ3n) is 4.28. The molecule has 0 radical (unpaired) electrons. The molecule has 3 nitrogen and oxygen atoms in total. The Bertz CT molecular complexity index is 370. The predicted octanol–water partition coefficient (Wildman–Crippen LogP) is 3.38. The van der Waals surface area contributed by atoms with Gasteiger partial charge < -0.3 is 9.88 Å². The van der Waals surface area contributed by atoms with Crippen LogP contribution in [0.2, 0.25) is 0 Å². The van der Waals surface area contributed by atoms with Crippen LogP contribution in [-0.4, -0.2) is 15.6 Å². The molecule has 1 aromatic rings. The zero-order valence-corrected chi connectivity index (χ0v) is 12.2. The summed E-state index contributed by atoms with van der Waals surface area (Å²) >= 11 is 0. The van der Waals surface area contributed by atoms with Crippen LogP contribution < -0.4 is 5.32 Å². The number of nitrogens with one attached hydrogen (secondary N) is 1. The molecule has 102 valence electrons. The molecule has 2 rings (SSSR count). The Balaban J connectivity index is 1.89. The molecular weight excluding hydrogens is 222 g/mol. The van der Waals surface area contributed by atoms with Gasteiger partial charge in [0, 0.05) is 24.8 Å². The number of aromatic nitrogens is 2. The molecular formula is C15H27N3. The minimum atomic E-state index is 0.494. The van der Waals surface area contributed by atoms with Crippen molar-refractivity contribution in [3.8, 4) is 0 Å². The minimum absolute atomic E-state index is 0.494. The monoisotopic (exact) mass is 249 g/mol. The van der Waals surface area contributed by atoms with Crippen LogP contribution in [0.5, 0.6) is 0 Å². The van der Waals surface area contributed by atoms with E-state index in [1.165, 1.54) is 25.0 Å². The maximum atomic E-state index is 4.26. The Kier molecular flexibility index (Phi) is 4.44.